The number of hydrogen-bond donors (Lipinski definition) is 1. The predicted octanol–water partition coefficient (Wildman–Crippen LogP) is 2.47. The minimum atomic E-state index is 0.715. The summed E-state index contributed by atoms with van der Waals surface area (Å²) in [4.78, 5) is 11.1. The number of nitrogens with zero attached hydrogens (tertiary/aromatic N) is 3. The van der Waals surface area contributed by atoms with Gasteiger partial charge in [0.1, 0.15) is 5.82 Å². The van der Waals surface area contributed by atoms with Crippen LogP contribution in [0.2, 0.25) is 0 Å². The highest BCUT2D eigenvalue weighted by molar-refractivity contribution is 5.44. The van der Waals surface area contributed by atoms with E-state index >= 15 is 0 Å². The van der Waals surface area contributed by atoms with Gasteiger partial charge in [-0.05, 0) is 32.1 Å². The van der Waals surface area contributed by atoms with E-state index in [9.17, 15) is 0 Å². The average Bonchev–Trinajstić information content (AvgIpc) is 3.24. The Morgan fingerprint density at radius 2 is 2.20 bits per heavy atom. The van der Waals surface area contributed by atoms with Crippen LogP contribution in [0, 0.1) is 12.8 Å². The van der Waals surface area contributed by atoms with Crippen molar-refractivity contribution in [3.8, 4) is 0 Å². The Balaban J connectivity index is 1.83. The molecule has 1 saturated carbocycles. The fraction of sp³-hybridized carbons (Fsp3) is 0.733. The monoisotopic (exact) mass is 278 g/mol. The first-order valence-electron chi connectivity index (χ1n) is 7.57. The van der Waals surface area contributed by atoms with Gasteiger partial charge in [0.05, 0.1) is 6.61 Å². The molecule has 0 amide bonds. The van der Waals surface area contributed by atoms with Crippen LogP contribution in [0.3, 0.4) is 0 Å². The maximum absolute atomic E-state index is 5.67. The lowest BCUT2D eigenvalue weighted by Gasteiger charge is -2.19. The van der Waals surface area contributed by atoms with Crippen LogP contribution >= 0.6 is 0 Å². The largest absolute Gasteiger partial charge is 0.379 e. The highest BCUT2D eigenvalue weighted by atomic mass is 16.5. The third-order valence-corrected chi connectivity index (χ3v) is 3.39. The van der Waals surface area contributed by atoms with Crippen LogP contribution in [0.25, 0.3) is 0 Å². The molecule has 0 aliphatic heterocycles. The zero-order valence-electron chi connectivity index (χ0n) is 12.9. The Morgan fingerprint density at radius 3 is 2.90 bits per heavy atom. The first-order chi connectivity index (χ1) is 9.69. The van der Waals surface area contributed by atoms with Crippen molar-refractivity contribution < 1.29 is 4.74 Å². The third-order valence-electron chi connectivity index (χ3n) is 3.39. The molecule has 1 aliphatic rings. The van der Waals surface area contributed by atoms with Crippen molar-refractivity contribution in [2.45, 2.75) is 33.1 Å². The summed E-state index contributed by atoms with van der Waals surface area (Å²) in [6.45, 7) is 7.56. The first kappa shape index (κ1) is 15.0. The van der Waals surface area contributed by atoms with Crippen LogP contribution in [0.15, 0.2) is 6.07 Å². The predicted molar refractivity (Wildman–Crippen MR) is 82.4 cm³/mol. The summed E-state index contributed by atoms with van der Waals surface area (Å²) >= 11 is 0. The minimum absolute atomic E-state index is 0.715. The van der Waals surface area contributed by atoms with Gasteiger partial charge in [0.25, 0.3) is 0 Å². The summed E-state index contributed by atoms with van der Waals surface area (Å²) < 4.78 is 5.67. The van der Waals surface area contributed by atoms with Gasteiger partial charge in [-0.25, -0.2) is 4.98 Å². The van der Waals surface area contributed by atoms with E-state index in [1.807, 2.05) is 20.0 Å². The molecule has 0 radical (unpaired) electrons. The number of nitrogens with one attached hydrogen (secondary N) is 1. The second-order valence-electron chi connectivity index (χ2n) is 5.56. The topological polar surface area (TPSA) is 50.3 Å². The van der Waals surface area contributed by atoms with Gasteiger partial charge in [0.2, 0.25) is 5.95 Å². The van der Waals surface area contributed by atoms with Gasteiger partial charge in [-0.2, -0.15) is 4.98 Å². The van der Waals surface area contributed by atoms with E-state index in [4.69, 9.17) is 4.74 Å². The number of rotatable bonds is 9. The van der Waals surface area contributed by atoms with Crippen molar-refractivity contribution in [2.75, 3.05) is 43.6 Å². The van der Waals surface area contributed by atoms with Gasteiger partial charge in [-0.1, -0.05) is 6.92 Å². The summed E-state index contributed by atoms with van der Waals surface area (Å²) in [5.74, 6) is 2.49. The van der Waals surface area contributed by atoms with Gasteiger partial charge in [-0.15, -0.1) is 0 Å². The summed E-state index contributed by atoms with van der Waals surface area (Å²) in [6.07, 6.45) is 3.75. The Labute approximate surface area is 121 Å². The second-order valence-corrected chi connectivity index (χ2v) is 5.56. The normalized spacial score (nSPS) is 14.3. The van der Waals surface area contributed by atoms with Crippen LogP contribution in [0.1, 0.15) is 31.9 Å². The zero-order valence-corrected chi connectivity index (χ0v) is 12.9. The molecule has 0 saturated heterocycles. The lowest BCUT2D eigenvalue weighted by Crippen LogP contribution is -2.24. The molecule has 1 N–H and O–H groups in total. The van der Waals surface area contributed by atoms with Crippen molar-refractivity contribution in [3.63, 3.8) is 0 Å². The highest BCUT2D eigenvalue weighted by Gasteiger charge is 2.21. The molecule has 1 fully saturated rings. The molecule has 0 unspecified atom stereocenters. The van der Waals surface area contributed by atoms with Crippen molar-refractivity contribution in [3.05, 3.63) is 11.8 Å². The fourth-order valence-corrected chi connectivity index (χ4v) is 1.91. The Kier molecular flexibility index (Phi) is 5.59. The van der Waals surface area contributed by atoms with Crippen LogP contribution in [0.4, 0.5) is 11.8 Å². The van der Waals surface area contributed by atoms with E-state index in [0.29, 0.717) is 5.95 Å². The van der Waals surface area contributed by atoms with Crippen molar-refractivity contribution in [1.82, 2.24) is 9.97 Å². The maximum Gasteiger partial charge on any atom is 0.224 e. The molecule has 0 aromatic carbocycles. The molecular formula is C15H26N4O. The van der Waals surface area contributed by atoms with Crippen LogP contribution < -0.4 is 10.2 Å². The number of hydrogen-bond acceptors (Lipinski definition) is 5. The van der Waals surface area contributed by atoms with E-state index in [-0.39, 0.29) is 0 Å². The average molecular weight is 278 g/mol. The fourth-order valence-electron chi connectivity index (χ4n) is 1.91. The molecule has 1 aromatic rings. The molecule has 0 spiro atoms. The SMILES string of the molecule is CCCNc1nc(C)cc(N(C)CCOCC2CC2)n1. The lowest BCUT2D eigenvalue weighted by molar-refractivity contribution is 0.131. The van der Waals surface area contributed by atoms with E-state index in [2.05, 4.69) is 27.1 Å². The smallest absolute Gasteiger partial charge is 0.224 e. The number of likely N-dealkylation sites (N-methyl/N-ethyl adjacent to an activating group) is 1. The molecule has 0 atom stereocenters. The lowest BCUT2D eigenvalue weighted by atomic mass is 10.4. The molecule has 1 aliphatic carbocycles. The number of aryl methyl sites for hydroxylation is 1. The summed E-state index contributed by atoms with van der Waals surface area (Å²) in [7, 11) is 2.05. The van der Waals surface area contributed by atoms with E-state index in [1.165, 1.54) is 12.8 Å². The Bertz CT molecular complexity index is 420. The molecule has 5 heteroatoms. The molecule has 2 rings (SSSR count). The van der Waals surface area contributed by atoms with Gasteiger partial charge in [0.15, 0.2) is 0 Å². The quantitative estimate of drug-likeness (QED) is 0.703. The van der Waals surface area contributed by atoms with Gasteiger partial charge < -0.3 is 15.0 Å². The van der Waals surface area contributed by atoms with Gasteiger partial charge in [-0.3, -0.25) is 0 Å². The van der Waals surface area contributed by atoms with Crippen LogP contribution in [-0.4, -0.2) is 43.3 Å². The minimum Gasteiger partial charge on any atom is -0.379 e. The Morgan fingerprint density at radius 1 is 1.40 bits per heavy atom. The maximum atomic E-state index is 5.67. The first-order valence-corrected chi connectivity index (χ1v) is 7.57. The van der Waals surface area contributed by atoms with E-state index in [0.717, 1.165) is 50.2 Å². The summed E-state index contributed by atoms with van der Waals surface area (Å²) in [5, 5.41) is 3.24. The van der Waals surface area contributed by atoms with E-state index < -0.39 is 0 Å². The van der Waals surface area contributed by atoms with Crippen molar-refractivity contribution >= 4 is 11.8 Å². The molecule has 5 nitrogen and oxygen atoms in total. The van der Waals surface area contributed by atoms with Crippen LogP contribution in [0.5, 0.6) is 0 Å². The van der Waals surface area contributed by atoms with Gasteiger partial charge in [0, 0.05) is 38.5 Å². The molecule has 20 heavy (non-hydrogen) atoms. The summed E-state index contributed by atoms with van der Waals surface area (Å²) in [6, 6.07) is 2.01. The highest BCUT2D eigenvalue weighted by Crippen LogP contribution is 2.28. The standard InChI is InChI=1S/C15H26N4O/c1-4-7-16-15-17-12(2)10-14(18-15)19(3)8-9-20-11-13-5-6-13/h10,13H,4-9,11H2,1-3H3,(H,16,17,18). The zero-order chi connectivity index (χ0) is 14.4. The molecule has 0 bridgehead atoms. The second kappa shape index (κ2) is 7.43. The van der Waals surface area contributed by atoms with Crippen molar-refractivity contribution in [2.24, 2.45) is 5.92 Å². The molecular weight excluding hydrogens is 252 g/mol. The van der Waals surface area contributed by atoms with Crippen LogP contribution in [-0.2, 0) is 4.74 Å². The summed E-state index contributed by atoms with van der Waals surface area (Å²) in [5.41, 5.74) is 0.986. The Hall–Kier alpha value is -1.36. The van der Waals surface area contributed by atoms with Crippen molar-refractivity contribution in [1.29, 1.82) is 0 Å². The molecule has 112 valence electrons. The number of ether oxygens (including phenoxy) is 1. The molecule has 1 aromatic heterocycles. The number of aromatic nitrogens is 2. The van der Waals surface area contributed by atoms with Gasteiger partial charge >= 0.3 is 0 Å². The van der Waals surface area contributed by atoms with E-state index in [1.54, 1.807) is 0 Å². The third kappa shape index (κ3) is 4.96. The number of anilines is 2. The molecule has 1 heterocycles.